The number of hydrogen-bond donors (Lipinski definition) is 1. The van der Waals surface area contributed by atoms with Gasteiger partial charge in [-0.15, -0.1) is 0 Å². The number of nitrogens with zero attached hydrogens (tertiary/aromatic N) is 2. The zero-order chi connectivity index (χ0) is 12.8. The molecule has 0 spiro atoms. The van der Waals surface area contributed by atoms with Crippen LogP contribution in [0.5, 0.6) is 5.88 Å². The van der Waals surface area contributed by atoms with Crippen LogP contribution in [-0.2, 0) is 4.79 Å². The zero-order valence-electron chi connectivity index (χ0n) is 9.56. The van der Waals surface area contributed by atoms with Gasteiger partial charge in [0.05, 0.1) is 12.7 Å². The van der Waals surface area contributed by atoms with Gasteiger partial charge < -0.3 is 9.84 Å². The van der Waals surface area contributed by atoms with Crippen molar-refractivity contribution in [3.63, 3.8) is 0 Å². The molecule has 1 aliphatic carbocycles. The molecule has 1 aromatic heterocycles. The van der Waals surface area contributed by atoms with Gasteiger partial charge in [-0.05, 0) is 5.57 Å². The van der Waals surface area contributed by atoms with Crippen molar-refractivity contribution in [1.29, 1.82) is 0 Å². The maximum absolute atomic E-state index is 10.7. The van der Waals surface area contributed by atoms with Crippen molar-refractivity contribution in [2.45, 2.75) is 6.42 Å². The second kappa shape index (κ2) is 5.77. The number of carboxylic acid groups (broad SMARTS) is 1. The molecule has 0 saturated carbocycles. The molecule has 1 atom stereocenters. The molecule has 5 nitrogen and oxygen atoms in total. The highest BCUT2D eigenvalue weighted by molar-refractivity contribution is 5.68. The van der Waals surface area contributed by atoms with E-state index in [9.17, 15) is 4.79 Å². The standard InChI is InChI=1S/C13H12N2O3/c16-13(17)7-10-3-1-2-4-11(10)8-18-12-5-6-14-9-15-12/h1-6,8-10H,7H2,(H,16,17). The van der Waals surface area contributed by atoms with E-state index in [0.717, 1.165) is 5.57 Å². The number of allylic oxidation sites excluding steroid dienone is 5. The Morgan fingerprint density at radius 1 is 1.50 bits per heavy atom. The molecule has 0 saturated heterocycles. The molecule has 0 aromatic carbocycles. The van der Waals surface area contributed by atoms with Crippen molar-refractivity contribution in [3.05, 3.63) is 54.7 Å². The van der Waals surface area contributed by atoms with Crippen LogP contribution in [0.25, 0.3) is 0 Å². The third kappa shape index (κ3) is 3.28. The van der Waals surface area contributed by atoms with Crippen LogP contribution in [0, 0.1) is 5.92 Å². The first-order chi connectivity index (χ1) is 8.75. The summed E-state index contributed by atoms with van der Waals surface area (Å²) in [6.07, 6.45) is 11.9. The second-order valence-corrected chi connectivity index (χ2v) is 3.73. The normalized spacial score (nSPS) is 20.0. The van der Waals surface area contributed by atoms with Gasteiger partial charge in [0, 0.05) is 18.2 Å². The van der Waals surface area contributed by atoms with E-state index in [0.29, 0.717) is 5.88 Å². The highest BCUT2D eigenvalue weighted by atomic mass is 16.5. The average molecular weight is 244 g/mol. The Morgan fingerprint density at radius 3 is 3.11 bits per heavy atom. The lowest BCUT2D eigenvalue weighted by Gasteiger charge is -2.14. The third-order valence-electron chi connectivity index (χ3n) is 2.44. The van der Waals surface area contributed by atoms with Gasteiger partial charge in [-0.25, -0.2) is 9.97 Å². The summed E-state index contributed by atoms with van der Waals surface area (Å²) in [4.78, 5) is 18.4. The Morgan fingerprint density at radius 2 is 2.39 bits per heavy atom. The molecule has 0 fully saturated rings. The molecule has 5 heteroatoms. The number of ether oxygens (including phenoxy) is 1. The smallest absolute Gasteiger partial charge is 0.304 e. The van der Waals surface area contributed by atoms with Crippen molar-refractivity contribution in [1.82, 2.24) is 9.97 Å². The molecule has 0 radical (unpaired) electrons. The van der Waals surface area contributed by atoms with E-state index in [1.165, 1.54) is 12.6 Å². The molecule has 1 aromatic rings. The number of rotatable bonds is 4. The predicted molar refractivity (Wildman–Crippen MR) is 64.8 cm³/mol. The second-order valence-electron chi connectivity index (χ2n) is 3.73. The highest BCUT2D eigenvalue weighted by Gasteiger charge is 2.15. The number of aromatic nitrogens is 2. The van der Waals surface area contributed by atoms with Crippen molar-refractivity contribution >= 4 is 5.97 Å². The Balaban J connectivity index is 2.08. The first kappa shape index (κ1) is 12.0. The minimum atomic E-state index is -0.840. The minimum Gasteiger partial charge on any atom is -0.481 e. The lowest BCUT2D eigenvalue weighted by molar-refractivity contribution is -0.137. The van der Waals surface area contributed by atoms with Crippen LogP contribution in [0.2, 0.25) is 0 Å². The largest absolute Gasteiger partial charge is 0.481 e. The van der Waals surface area contributed by atoms with E-state index in [-0.39, 0.29) is 12.3 Å². The molecule has 1 N–H and O–H groups in total. The quantitative estimate of drug-likeness (QED) is 0.819. The van der Waals surface area contributed by atoms with Gasteiger partial charge in [0.15, 0.2) is 0 Å². The summed E-state index contributed by atoms with van der Waals surface area (Å²) in [5.41, 5.74) is 0.804. The maximum atomic E-state index is 10.7. The van der Waals surface area contributed by atoms with Gasteiger partial charge in [-0.1, -0.05) is 24.3 Å². The fraction of sp³-hybridized carbons (Fsp3) is 0.154. The molecule has 0 amide bonds. The number of carbonyl (C=O) groups is 1. The fourth-order valence-electron chi connectivity index (χ4n) is 1.58. The van der Waals surface area contributed by atoms with Gasteiger partial charge in [0.2, 0.25) is 5.88 Å². The van der Waals surface area contributed by atoms with Gasteiger partial charge in [-0.3, -0.25) is 4.79 Å². The van der Waals surface area contributed by atoms with Crippen molar-refractivity contribution in [3.8, 4) is 5.88 Å². The van der Waals surface area contributed by atoms with E-state index in [2.05, 4.69) is 9.97 Å². The molecular weight excluding hydrogens is 232 g/mol. The number of hydrogen-bond acceptors (Lipinski definition) is 4. The van der Waals surface area contributed by atoms with Crippen LogP contribution in [0.15, 0.2) is 54.7 Å². The predicted octanol–water partition coefficient (Wildman–Crippen LogP) is 1.96. The Hall–Kier alpha value is -2.43. The highest BCUT2D eigenvalue weighted by Crippen LogP contribution is 2.22. The van der Waals surface area contributed by atoms with E-state index < -0.39 is 5.97 Å². The first-order valence-electron chi connectivity index (χ1n) is 5.45. The van der Waals surface area contributed by atoms with E-state index in [1.807, 2.05) is 24.3 Å². The van der Waals surface area contributed by atoms with E-state index in [1.54, 1.807) is 12.3 Å². The van der Waals surface area contributed by atoms with Crippen molar-refractivity contribution in [2.24, 2.45) is 5.92 Å². The summed E-state index contributed by atoms with van der Waals surface area (Å²) in [5.74, 6) is -0.586. The van der Waals surface area contributed by atoms with E-state index >= 15 is 0 Å². The summed E-state index contributed by atoms with van der Waals surface area (Å²) in [6.45, 7) is 0. The Bertz CT molecular complexity index is 506. The molecule has 18 heavy (non-hydrogen) atoms. The Kier molecular flexibility index (Phi) is 3.86. The number of carboxylic acids is 1. The molecule has 0 aliphatic heterocycles. The summed E-state index contributed by atoms with van der Waals surface area (Å²) < 4.78 is 5.37. The van der Waals surface area contributed by atoms with Crippen LogP contribution in [0.3, 0.4) is 0 Å². The van der Waals surface area contributed by atoms with Gasteiger partial charge >= 0.3 is 5.97 Å². The van der Waals surface area contributed by atoms with Crippen LogP contribution in [0.4, 0.5) is 0 Å². The maximum Gasteiger partial charge on any atom is 0.304 e. The monoisotopic (exact) mass is 244 g/mol. The molecule has 1 unspecified atom stereocenters. The van der Waals surface area contributed by atoms with Crippen molar-refractivity contribution in [2.75, 3.05) is 0 Å². The molecule has 2 rings (SSSR count). The minimum absolute atomic E-state index is 0.0415. The summed E-state index contributed by atoms with van der Waals surface area (Å²) in [7, 11) is 0. The number of aliphatic carboxylic acids is 1. The van der Waals surface area contributed by atoms with Gasteiger partial charge in [0.25, 0.3) is 0 Å². The fourth-order valence-corrected chi connectivity index (χ4v) is 1.58. The first-order valence-corrected chi connectivity index (χ1v) is 5.45. The van der Waals surface area contributed by atoms with Crippen LogP contribution in [0.1, 0.15) is 6.42 Å². The third-order valence-corrected chi connectivity index (χ3v) is 2.44. The zero-order valence-corrected chi connectivity index (χ0v) is 9.56. The topological polar surface area (TPSA) is 72.3 Å². The lowest BCUT2D eigenvalue weighted by Crippen LogP contribution is -2.09. The lowest BCUT2D eigenvalue weighted by atomic mass is 9.92. The van der Waals surface area contributed by atoms with E-state index in [4.69, 9.17) is 9.84 Å². The summed E-state index contributed by atoms with van der Waals surface area (Å²) in [5, 5.41) is 8.82. The molecular formula is C13H12N2O3. The molecule has 0 bridgehead atoms. The van der Waals surface area contributed by atoms with Gasteiger partial charge in [0.1, 0.15) is 6.33 Å². The van der Waals surface area contributed by atoms with Crippen LogP contribution >= 0.6 is 0 Å². The van der Waals surface area contributed by atoms with Crippen LogP contribution < -0.4 is 4.74 Å². The van der Waals surface area contributed by atoms with Crippen molar-refractivity contribution < 1.29 is 14.6 Å². The average Bonchev–Trinajstić information content (AvgIpc) is 2.38. The summed E-state index contributed by atoms with van der Waals surface area (Å²) in [6, 6.07) is 1.63. The van der Waals surface area contributed by atoms with Gasteiger partial charge in [-0.2, -0.15) is 0 Å². The summed E-state index contributed by atoms with van der Waals surface area (Å²) >= 11 is 0. The molecule has 92 valence electrons. The SMILES string of the molecule is O=C(O)CC1C=CC=CC1=COc1ccncn1. The molecule has 1 aliphatic rings. The Labute approximate surface area is 104 Å². The molecule has 1 heterocycles. The van der Waals surface area contributed by atoms with Crippen LogP contribution in [-0.4, -0.2) is 21.0 Å².